The van der Waals surface area contributed by atoms with Crippen molar-refractivity contribution in [2.24, 2.45) is 0 Å². The van der Waals surface area contributed by atoms with Crippen molar-refractivity contribution in [1.82, 2.24) is 0 Å². The van der Waals surface area contributed by atoms with Crippen LogP contribution in [0.15, 0.2) is 0 Å². The smallest absolute Gasteiger partial charge is 0.341 e. The van der Waals surface area contributed by atoms with Gasteiger partial charge >= 0.3 is 35.7 Å². The third-order valence-corrected chi connectivity index (χ3v) is 2.81. The first-order valence-electron chi connectivity index (χ1n) is 5.19. The molecule has 0 aliphatic heterocycles. The van der Waals surface area contributed by atoms with E-state index in [0.717, 1.165) is 0 Å². The molecule has 1 unspecified atom stereocenters. The van der Waals surface area contributed by atoms with E-state index in [0.29, 0.717) is 0 Å². The van der Waals surface area contributed by atoms with E-state index < -0.39 is 49.3 Å². The Hall–Kier alpha value is -0.880. The first-order chi connectivity index (χ1) is 9.37. The van der Waals surface area contributed by atoms with E-state index in [1.165, 1.54) is 0 Å². The van der Waals surface area contributed by atoms with Crippen molar-refractivity contribution in [3.05, 3.63) is 0 Å². The second-order valence-electron chi connectivity index (χ2n) is 4.09. The summed E-state index contributed by atoms with van der Waals surface area (Å²) in [6, 6.07) is 0. The van der Waals surface area contributed by atoms with E-state index in [4.69, 9.17) is 0 Å². The van der Waals surface area contributed by atoms with Gasteiger partial charge in [-0.2, -0.15) is 43.9 Å². The van der Waals surface area contributed by atoms with E-state index >= 15 is 0 Å². The van der Waals surface area contributed by atoms with Gasteiger partial charge in [-0.25, -0.2) is 8.78 Å². The predicted octanol–water partition coefficient (Wildman–Crippen LogP) is 4.81. The van der Waals surface area contributed by atoms with Gasteiger partial charge in [-0.1, -0.05) is 6.92 Å². The molecular formula is C9H8F12O. The Bertz CT molecular complexity index is 382. The summed E-state index contributed by atoms with van der Waals surface area (Å²) in [5, 5.41) is 0. The lowest BCUT2D eigenvalue weighted by Crippen LogP contribution is -2.75. The molecule has 0 aliphatic rings. The summed E-state index contributed by atoms with van der Waals surface area (Å²) in [6.45, 7) is 0.213. The zero-order valence-electron chi connectivity index (χ0n) is 10.7. The van der Waals surface area contributed by atoms with Crippen molar-refractivity contribution < 1.29 is 57.4 Å². The Labute approximate surface area is 115 Å². The molecule has 0 saturated carbocycles. The molecule has 0 aromatic rings. The Morgan fingerprint density at radius 1 is 0.682 bits per heavy atom. The first-order valence-corrected chi connectivity index (χ1v) is 5.19. The molecule has 134 valence electrons. The number of methoxy groups -OCH3 is 1. The number of hydrogen-bond donors (Lipinski definition) is 0. The fourth-order valence-electron chi connectivity index (χ4n) is 1.47. The quantitative estimate of drug-likeness (QED) is 0.640. The molecule has 0 spiro atoms. The van der Waals surface area contributed by atoms with Gasteiger partial charge in [0, 0.05) is 13.5 Å². The standard InChI is InChI=1S/C9H8F12O/c1-3-4(10,11)6(13,14)7(15,22-2)5(12,8(16,17)18)9(19,20)21/h3H2,1-2H3. The Balaban J connectivity index is 6.65. The van der Waals surface area contributed by atoms with E-state index in [-0.39, 0.29) is 6.92 Å². The van der Waals surface area contributed by atoms with Crippen LogP contribution >= 0.6 is 0 Å². The van der Waals surface area contributed by atoms with Crippen LogP contribution in [-0.4, -0.2) is 42.8 Å². The van der Waals surface area contributed by atoms with Crippen molar-refractivity contribution >= 4 is 0 Å². The number of alkyl halides is 12. The van der Waals surface area contributed by atoms with E-state index in [1.807, 2.05) is 0 Å². The summed E-state index contributed by atoms with van der Waals surface area (Å²) in [5.41, 5.74) is -7.40. The summed E-state index contributed by atoms with van der Waals surface area (Å²) in [7, 11) is -0.522. The zero-order valence-corrected chi connectivity index (χ0v) is 10.7. The third kappa shape index (κ3) is 2.50. The minimum Gasteiger partial charge on any atom is -0.341 e. The number of ether oxygens (including phenoxy) is 1. The molecule has 1 atom stereocenters. The molecular weight excluding hydrogens is 352 g/mol. The first kappa shape index (κ1) is 21.1. The van der Waals surface area contributed by atoms with Crippen LogP contribution in [0.3, 0.4) is 0 Å². The topological polar surface area (TPSA) is 9.23 Å². The molecule has 0 bridgehead atoms. The van der Waals surface area contributed by atoms with Crippen LogP contribution in [0.5, 0.6) is 0 Å². The zero-order chi connectivity index (χ0) is 18.4. The highest BCUT2D eigenvalue weighted by Crippen LogP contribution is 2.61. The highest BCUT2D eigenvalue weighted by Gasteiger charge is 2.92. The minimum atomic E-state index is -7.40. The molecule has 1 nitrogen and oxygen atoms in total. The van der Waals surface area contributed by atoms with Crippen molar-refractivity contribution in [1.29, 1.82) is 0 Å². The van der Waals surface area contributed by atoms with Crippen LogP contribution in [0.1, 0.15) is 13.3 Å². The maximum Gasteiger partial charge on any atom is 0.437 e. The van der Waals surface area contributed by atoms with Gasteiger partial charge in [0.1, 0.15) is 0 Å². The lowest BCUT2D eigenvalue weighted by molar-refractivity contribution is -0.466. The molecule has 0 N–H and O–H groups in total. The number of hydrogen-bond acceptors (Lipinski definition) is 1. The maximum absolute atomic E-state index is 13.8. The molecule has 0 radical (unpaired) electrons. The van der Waals surface area contributed by atoms with Gasteiger partial charge in [0.15, 0.2) is 0 Å². The molecule has 0 aromatic heterocycles. The molecule has 0 saturated heterocycles. The van der Waals surface area contributed by atoms with Gasteiger partial charge in [-0.05, 0) is 0 Å². The highest BCUT2D eigenvalue weighted by atomic mass is 19.4. The molecule has 0 fully saturated rings. The van der Waals surface area contributed by atoms with Crippen LogP contribution in [0.4, 0.5) is 52.7 Å². The maximum atomic E-state index is 13.8. The van der Waals surface area contributed by atoms with Crippen molar-refractivity contribution in [2.45, 2.75) is 49.1 Å². The van der Waals surface area contributed by atoms with Gasteiger partial charge < -0.3 is 4.74 Å². The van der Waals surface area contributed by atoms with Gasteiger partial charge in [0.2, 0.25) is 0 Å². The lowest BCUT2D eigenvalue weighted by atomic mass is 9.85. The molecule has 13 heteroatoms. The number of rotatable bonds is 5. The van der Waals surface area contributed by atoms with Crippen molar-refractivity contribution in [3.8, 4) is 0 Å². The Morgan fingerprint density at radius 2 is 1.00 bits per heavy atom. The third-order valence-electron chi connectivity index (χ3n) is 2.81. The van der Waals surface area contributed by atoms with Crippen LogP contribution in [0, 0.1) is 0 Å². The summed E-state index contributed by atoms with van der Waals surface area (Å²) in [4.78, 5) is 0. The van der Waals surface area contributed by atoms with E-state index in [2.05, 4.69) is 4.74 Å². The normalized spacial score (nSPS) is 18.3. The van der Waals surface area contributed by atoms with Gasteiger partial charge in [0.05, 0.1) is 0 Å². The average Bonchev–Trinajstić information content (AvgIpc) is 2.33. The Morgan fingerprint density at radius 3 is 1.18 bits per heavy atom. The Kier molecular flexibility index (Phi) is 5.12. The highest BCUT2D eigenvalue weighted by molar-refractivity contribution is 5.14. The fraction of sp³-hybridized carbons (Fsp3) is 1.00. The largest absolute Gasteiger partial charge is 0.437 e. The monoisotopic (exact) mass is 360 g/mol. The second kappa shape index (κ2) is 5.34. The average molecular weight is 360 g/mol. The second-order valence-corrected chi connectivity index (χ2v) is 4.09. The number of halogens is 12. The van der Waals surface area contributed by atoms with Gasteiger partial charge in [-0.3, -0.25) is 0 Å². The molecule has 22 heavy (non-hydrogen) atoms. The van der Waals surface area contributed by atoms with Crippen LogP contribution in [0.25, 0.3) is 0 Å². The van der Waals surface area contributed by atoms with Crippen LogP contribution in [0.2, 0.25) is 0 Å². The summed E-state index contributed by atoms with van der Waals surface area (Å²) < 4.78 is 156. The molecule has 0 heterocycles. The van der Waals surface area contributed by atoms with Crippen molar-refractivity contribution in [3.63, 3.8) is 0 Å². The lowest BCUT2D eigenvalue weighted by Gasteiger charge is -2.45. The molecule has 0 aliphatic carbocycles. The molecule has 0 amide bonds. The fourth-order valence-corrected chi connectivity index (χ4v) is 1.47. The van der Waals surface area contributed by atoms with Gasteiger partial charge in [-0.15, -0.1) is 0 Å². The van der Waals surface area contributed by atoms with Gasteiger partial charge in [0.25, 0.3) is 0 Å². The molecule has 0 aromatic carbocycles. The van der Waals surface area contributed by atoms with Crippen LogP contribution in [-0.2, 0) is 4.74 Å². The SMILES string of the molecule is CCC(F)(F)C(F)(F)C(F)(OC)C(F)(C(F)(F)F)C(F)(F)F. The molecule has 0 rings (SSSR count). The van der Waals surface area contributed by atoms with Crippen molar-refractivity contribution in [2.75, 3.05) is 7.11 Å². The minimum absolute atomic E-state index is 0.213. The van der Waals surface area contributed by atoms with E-state index in [9.17, 15) is 52.7 Å². The summed E-state index contributed by atoms with van der Waals surface area (Å²) >= 11 is 0. The van der Waals surface area contributed by atoms with Crippen LogP contribution < -0.4 is 0 Å². The predicted molar refractivity (Wildman–Crippen MR) is 47.0 cm³/mol. The summed E-state index contributed by atoms with van der Waals surface area (Å²) in [5.74, 6) is -19.3. The van der Waals surface area contributed by atoms with E-state index in [1.54, 1.807) is 0 Å². The summed E-state index contributed by atoms with van der Waals surface area (Å²) in [6.07, 6.45) is -16.8.